The van der Waals surface area contributed by atoms with Gasteiger partial charge in [0.2, 0.25) is 0 Å². The highest BCUT2D eigenvalue weighted by Gasteiger charge is 2.16. The second kappa shape index (κ2) is 9.39. The largest absolute Gasteiger partial charge is 0.382 e. The van der Waals surface area contributed by atoms with E-state index in [1.54, 1.807) is 0 Å². The number of fused-ring (bicyclic) bond motifs is 1. The first kappa shape index (κ1) is 18.5. The molecule has 1 aliphatic heterocycles. The van der Waals surface area contributed by atoms with Gasteiger partial charge in [-0.05, 0) is 55.5 Å². The van der Waals surface area contributed by atoms with E-state index in [2.05, 4.69) is 46.6 Å². The number of ether oxygens (including phenoxy) is 1. The number of para-hydroxylation sites is 1. The molecular formula is C22H28N2O2. The molecule has 0 aromatic heterocycles. The lowest BCUT2D eigenvalue weighted by Gasteiger charge is -2.31. The molecule has 0 atom stereocenters. The molecule has 138 valence electrons. The Bertz CT molecular complexity index is 712. The summed E-state index contributed by atoms with van der Waals surface area (Å²) in [7, 11) is 0. The van der Waals surface area contributed by atoms with Gasteiger partial charge in [-0.3, -0.25) is 4.79 Å². The zero-order valence-corrected chi connectivity index (χ0v) is 15.5. The number of hydrogen-bond acceptors (Lipinski definition) is 3. The molecule has 0 bridgehead atoms. The summed E-state index contributed by atoms with van der Waals surface area (Å²) < 4.78 is 5.28. The summed E-state index contributed by atoms with van der Waals surface area (Å²) in [6.45, 7) is 5.99. The fourth-order valence-electron chi connectivity index (χ4n) is 3.38. The van der Waals surface area contributed by atoms with Gasteiger partial charge in [-0.15, -0.1) is 0 Å². The predicted octanol–water partition coefficient (Wildman–Crippen LogP) is 3.80. The van der Waals surface area contributed by atoms with Gasteiger partial charge in [0.05, 0.1) is 0 Å². The van der Waals surface area contributed by atoms with Crippen molar-refractivity contribution in [3.05, 3.63) is 65.2 Å². The predicted molar refractivity (Wildman–Crippen MR) is 106 cm³/mol. The molecule has 0 radical (unpaired) electrons. The molecule has 2 aromatic rings. The summed E-state index contributed by atoms with van der Waals surface area (Å²) in [5.74, 6) is -0.0173. The SMILES string of the molecule is CCOCCCNC(=O)c1ccc(CN2CCCc3ccccc32)cc1. The number of benzene rings is 2. The van der Waals surface area contributed by atoms with Gasteiger partial charge in [0.1, 0.15) is 0 Å². The summed E-state index contributed by atoms with van der Waals surface area (Å²) >= 11 is 0. The molecule has 0 spiro atoms. The molecule has 0 aliphatic carbocycles. The van der Waals surface area contributed by atoms with Gasteiger partial charge in [-0.2, -0.15) is 0 Å². The van der Waals surface area contributed by atoms with Crippen LogP contribution in [0.4, 0.5) is 5.69 Å². The van der Waals surface area contributed by atoms with Crippen molar-refractivity contribution in [2.75, 3.05) is 31.2 Å². The second-order valence-electron chi connectivity index (χ2n) is 6.66. The van der Waals surface area contributed by atoms with Crippen molar-refractivity contribution < 1.29 is 9.53 Å². The molecule has 0 saturated heterocycles. The van der Waals surface area contributed by atoms with Crippen molar-refractivity contribution in [1.82, 2.24) is 5.32 Å². The summed E-state index contributed by atoms with van der Waals surface area (Å²) in [5, 5.41) is 2.94. The molecule has 0 fully saturated rings. The summed E-state index contributed by atoms with van der Waals surface area (Å²) in [6, 6.07) is 16.6. The molecule has 1 amide bonds. The summed E-state index contributed by atoms with van der Waals surface area (Å²) in [6.07, 6.45) is 3.19. The number of aryl methyl sites for hydroxylation is 1. The van der Waals surface area contributed by atoms with Crippen molar-refractivity contribution in [2.45, 2.75) is 32.7 Å². The minimum atomic E-state index is -0.0173. The molecule has 1 aliphatic rings. The van der Waals surface area contributed by atoms with Crippen molar-refractivity contribution in [3.8, 4) is 0 Å². The van der Waals surface area contributed by atoms with Gasteiger partial charge in [0.15, 0.2) is 0 Å². The lowest BCUT2D eigenvalue weighted by Crippen LogP contribution is -2.28. The van der Waals surface area contributed by atoms with E-state index in [1.165, 1.54) is 23.2 Å². The number of rotatable bonds is 8. The smallest absolute Gasteiger partial charge is 0.251 e. The molecule has 2 aromatic carbocycles. The van der Waals surface area contributed by atoms with Gasteiger partial charge in [-0.25, -0.2) is 0 Å². The summed E-state index contributed by atoms with van der Waals surface area (Å²) in [4.78, 5) is 14.6. The third-order valence-electron chi connectivity index (χ3n) is 4.75. The minimum absolute atomic E-state index is 0.0173. The minimum Gasteiger partial charge on any atom is -0.382 e. The quantitative estimate of drug-likeness (QED) is 0.735. The maximum atomic E-state index is 12.2. The Morgan fingerprint density at radius 3 is 2.77 bits per heavy atom. The van der Waals surface area contributed by atoms with E-state index < -0.39 is 0 Å². The topological polar surface area (TPSA) is 41.6 Å². The Morgan fingerprint density at radius 2 is 1.96 bits per heavy atom. The monoisotopic (exact) mass is 352 g/mol. The van der Waals surface area contributed by atoms with Crippen LogP contribution in [0, 0.1) is 0 Å². The molecule has 3 rings (SSSR count). The van der Waals surface area contributed by atoms with Crippen LogP contribution in [0.25, 0.3) is 0 Å². The van der Waals surface area contributed by atoms with E-state index in [1.807, 2.05) is 19.1 Å². The number of hydrogen-bond donors (Lipinski definition) is 1. The third kappa shape index (κ3) is 4.85. The van der Waals surface area contributed by atoms with E-state index >= 15 is 0 Å². The highest BCUT2D eigenvalue weighted by molar-refractivity contribution is 5.94. The number of anilines is 1. The van der Waals surface area contributed by atoms with E-state index in [0.29, 0.717) is 18.7 Å². The van der Waals surface area contributed by atoms with Gasteiger partial charge in [0.25, 0.3) is 5.91 Å². The van der Waals surface area contributed by atoms with E-state index in [4.69, 9.17) is 4.74 Å². The van der Waals surface area contributed by atoms with Crippen LogP contribution in [0.5, 0.6) is 0 Å². The van der Waals surface area contributed by atoms with Crippen LogP contribution in [-0.4, -0.2) is 32.2 Å². The first-order valence-electron chi connectivity index (χ1n) is 9.55. The van der Waals surface area contributed by atoms with Crippen molar-refractivity contribution >= 4 is 11.6 Å². The molecule has 1 N–H and O–H groups in total. The highest BCUT2D eigenvalue weighted by atomic mass is 16.5. The van der Waals surface area contributed by atoms with Gasteiger partial charge < -0.3 is 15.0 Å². The van der Waals surface area contributed by atoms with Crippen molar-refractivity contribution in [3.63, 3.8) is 0 Å². The molecule has 1 heterocycles. The third-order valence-corrected chi connectivity index (χ3v) is 4.75. The number of amides is 1. The standard InChI is InChI=1S/C22H28N2O2/c1-2-26-16-6-14-23-22(25)20-12-10-18(11-13-20)17-24-15-5-8-19-7-3-4-9-21(19)24/h3-4,7,9-13H,2,5-6,8,14-17H2,1H3,(H,23,25). The van der Waals surface area contributed by atoms with Gasteiger partial charge >= 0.3 is 0 Å². The van der Waals surface area contributed by atoms with Crippen LogP contribution in [0.15, 0.2) is 48.5 Å². The first-order chi connectivity index (χ1) is 12.8. The molecule has 0 unspecified atom stereocenters. The van der Waals surface area contributed by atoms with E-state index in [-0.39, 0.29) is 5.91 Å². The number of carbonyl (C=O) groups excluding carboxylic acids is 1. The second-order valence-corrected chi connectivity index (χ2v) is 6.66. The molecule has 26 heavy (non-hydrogen) atoms. The first-order valence-corrected chi connectivity index (χ1v) is 9.55. The Hall–Kier alpha value is -2.33. The van der Waals surface area contributed by atoms with Gasteiger partial charge in [0, 0.05) is 44.1 Å². The number of nitrogens with one attached hydrogen (secondary N) is 1. The number of carbonyl (C=O) groups is 1. The fraction of sp³-hybridized carbons (Fsp3) is 0.409. The van der Waals surface area contributed by atoms with Crippen LogP contribution in [0.1, 0.15) is 41.3 Å². The Balaban J connectivity index is 1.54. The molecule has 4 heteroatoms. The van der Waals surface area contributed by atoms with Crippen molar-refractivity contribution in [1.29, 1.82) is 0 Å². The zero-order valence-electron chi connectivity index (χ0n) is 15.5. The lowest BCUT2D eigenvalue weighted by molar-refractivity contribution is 0.0944. The normalized spacial score (nSPS) is 13.3. The van der Waals surface area contributed by atoms with E-state index in [0.717, 1.165) is 32.5 Å². The Kier molecular flexibility index (Phi) is 6.67. The average molecular weight is 352 g/mol. The highest BCUT2D eigenvalue weighted by Crippen LogP contribution is 2.28. The van der Waals surface area contributed by atoms with Crippen molar-refractivity contribution in [2.24, 2.45) is 0 Å². The van der Waals surface area contributed by atoms with Crippen LogP contribution in [0.2, 0.25) is 0 Å². The fourth-order valence-corrected chi connectivity index (χ4v) is 3.38. The maximum absolute atomic E-state index is 12.2. The Labute approximate surface area is 156 Å². The van der Waals surface area contributed by atoms with E-state index in [9.17, 15) is 4.79 Å². The Morgan fingerprint density at radius 1 is 1.15 bits per heavy atom. The summed E-state index contributed by atoms with van der Waals surface area (Å²) in [5.41, 5.74) is 4.72. The number of nitrogens with zero attached hydrogens (tertiary/aromatic N) is 1. The maximum Gasteiger partial charge on any atom is 0.251 e. The van der Waals surface area contributed by atoms with Crippen LogP contribution in [0.3, 0.4) is 0 Å². The average Bonchev–Trinajstić information content (AvgIpc) is 2.68. The van der Waals surface area contributed by atoms with Crippen LogP contribution < -0.4 is 10.2 Å². The lowest BCUT2D eigenvalue weighted by atomic mass is 10.0. The van der Waals surface area contributed by atoms with Gasteiger partial charge in [-0.1, -0.05) is 30.3 Å². The van der Waals surface area contributed by atoms with Crippen LogP contribution >= 0.6 is 0 Å². The zero-order chi connectivity index (χ0) is 18.2. The molecule has 4 nitrogen and oxygen atoms in total. The molecule has 0 saturated carbocycles. The molecular weight excluding hydrogens is 324 g/mol. The van der Waals surface area contributed by atoms with Crippen LogP contribution in [-0.2, 0) is 17.7 Å².